The van der Waals surface area contributed by atoms with Crippen molar-refractivity contribution < 1.29 is 5.21 Å². The topological polar surface area (TPSA) is 41.3 Å². The standard InChI is InChI=1S/C7H13N3O/c1-6-4-8-10(3)7(6)5-9(2)11/h4,11H,5H2,1-3H3. The van der Waals surface area contributed by atoms with E-state index >= 15 is 0 Å². The lowest BCUT2D eigenvalue weighted by molar-refractivity contribution is -0.0749. The molecule has 0 atom stereocenters. The molecule has 62 valence electrons. The fourth-order valence-corrected chi connectivity index (χ4v) is 1.02. The summed E-state index contributed by atoms with van der Waals surface area (Å²) >= 11 is 0. The van der Waals surface area contributed by atoms with Gasteiger partial charge in [-0.05, 0) is 12.5 Å². The average Bonchev–Trinajstić information content (AvgIpc) is 2.18. The van der Waals surface area contributed by atoms with Gasteiger partial charge in [-0.25, -0.2) is 0 Å². The SMILES string of the molecule is Cc1cnn(C)c1CN(C)O. The smallest absolute Gasteiger partial charge is 0.0658 e. The summed E-state index contributed by atoms with van der Waals surface area (Å²) in [4.78, 5) is 0. The summed E-state index contributed by atoms with van der Waals surface area (Å²) in [6.45, 7) is 2.49. The predicted octanol–water partition coefficient (Wildman–Crippen LogP) is 0.550. The number of hydroxylamine groups is 2. The number of aromatic nitrogens is 2. The minimum Gasteiger partial charge on any atom is -0.314 e. The molecule has 1 aromatic heterocycles. The van der Waals surface area contributed by atoms with Crippen molar-refractivity contribution in [3.8, 4) is 0 Å². The Hall–Kier alpha value is -0.870. The highest BCUT2D eigenvalue weighted by atomic mass is 16.5. The van der Waals surface area contributed by atoms with Crippen LogP contribution in [-0.2, 0) is 13.6 Å². The van der Waals surface area contributed by atoms with Crippen molar-refractivity contribution in [3.05, 3.63) is 17.5 Å². The van der Waals surface area contributed by atoms with Crippen LogP contribution in [0.1, 0.15) is 11.3 Å². The molecular formula is C7H13N3O. The number of rotatable bonds is 2. The molecule has 0 amide bonds. The van der Waals surface area contributed by atoms with Gasteiger partial charge in [-0.1, -0.05) is 0 Å². The highest BCUT2D eigenvalue weighted by Crippen LogP contribution is 2.06. The van der Waals surface area contributed by atoms with Crippen molar-refractivity contribution in [1.29, 1.82) is 0 Å². The molecule has 0 unspecified atom stereocenters. The van der Waals surface area contributed by atoms with E-state index in [1.165, 1.54) is 0 Å². The third kappa shape index (κ3) is 1.78. The van der Waals surface area contributed by atoms with Crippen LogP contribution in [0.25, 0.3) is 0 Å². The maximum atomic E-state index is 8.97. The summed E-state index contributed by atoms with van der Waals surface area (Å²) < 4.78 is 1.77. The van der Waals surface area contributed by atoms with Gasteiger partial charge in [0.05, 0.1) is 18.4 Å². The first-order chi connectivity index (χ1) is 5.11. The number of aryl methyl sites for hydroxylation is 2. The van der Waals surface area contributed by atoms with E-state index in [9.17, 15) is 0 Å². The summed E-state index contributed by atoms with van der Waals surface area (Å²) in [6.07, 6.45) is 1.79. The lowest BCUT2D eigenvalue weighted by Crippen LogP contribution is -2.15. The van der Waals surface area contributed by atoms with Gasteiger partial charge in [0, 0.05) is 14.1 Å². The predicted molar refractivity (Wildman–Crippen MR) is 41.2 cm³/mol. The van der Waals surface area contributed by atoms with Crippen molar-refractivity contribution in [2.45, 2.75) is 13.5 Å². The molecular weight excluding hydrogens is 142 g/mol. The molecule has 4 nitrogen and oxygen atoms in total. The lowest BCUT2D eigenvalue weighted by atomic mass is 10.3. The molecule has 4 heteroatoms. The van der Waals surface area contributed by atoms with Crippen molar-refractivity contribution >= 4 is 0 Å². The molecule has 0 aliphatic rings. The summed E-state index contributed by atoms with van der Waals surface area (Å²) in [7, 11) is 3.48. The molecule has 0 saturated heterocycles. The first-order valence-corrected chi connectivity index (χ1v) is 3.48. The number of hydrogen-bond donors (Lipinski definition) is 1. The van der Waals surface area contributed by atoms with Gasteiger partial charge in [0.25, 0.3) is 0 Å². The van der Waals surface area contributed by atoms with Gasteiger partial charge in [0.1, 0.15) is 0 Å². The zero-order chi connectivity index (χ0) is 8.43. The Morgan fingerprint density at radius 2 is 2.36 bits per heavy atom. The fraction of sp³-hybridized carbons (Fsp3) is 0.571. The Morgan fingerprint density at radius 1 is 1.73 bits per heavy atom. The van der Waals surface area contributed by atoms with E-state index in [1.807, 2.05) is 14.0 Å². The molecule has 11 heavy (non-hydrogen) atoms. The second-order valence-corrected chi connectivity index (χ2v) is 2.71. The summed E-state index contributed by atoms with van der Waals surface area (Å²) in [5, 5.41) is 14.2. The van der Waals surface area contributed by atoms with E-state index in [2.05, 4.69) is 5.10 Å². The zero-order valence-electron chi connectivity index (χ0n) is 7.07. The van der Waals surface area contributed by atoms with E-state index in [0.717, 1.165) is 16.3 Å². The first-order valence-electron chi connectivity index (χ1n) is 3.48. The van der Waals surface area contributed by atoms with Crippen LogP contribution in [0.4, 0.5) is 0 Å². The Labute approximate surface area is 66.0 Å². The average molecular weight is 155 g/mol. The largest absolute Gasteiger partial charge is 0.314 e. The van der Waals surface area contributed by atoms with Crippen LogP contribution in [0.5, 0.6) is 0 Å². The molecule has 0 aliphatic heterocycles. The second-order valence-electron chi connectivity index (χ2n) is 2.71. The minimum absolute atomic E-state index is 0.516. The van der Waals surface area contributed by atoms with Gasteiger partial charge in [-0.2, -0.15) is 10.2 Å². The molecule has 1 aromatic rings. The van der Waals surface area contributed by atoms with Crippen molar-refractivity contribution in [2.24, 2.45) is 7.05 Å². The van der Waals surface area contributed by atoms with E-state index in [4.69, 9.17) is 5.21 Å². The van der Waals surface area contributed by atoms with Gasteiger partial charge >= 0.3 is 0 Å². The van der Waals surface area contributed by atoms with E-state index in [1.54, 1.807) is 17.9 Å². The van der Waals surface area contributed by atoms with Crippen molar-refractivity contribution in [3.63, 3.8) is 0 Å². The molecule has 0 fully saturated rings. The molecule has 0 radical (unpaired) electrons. The van der Waals surface area contributed by atoms with Crippen LogP contribution >= 0.6 is 0 Å². The quantitative estimate of drug-likeness (QED) is 0.634. The monoisotopic (exact) mass is 155 g/mol. The van der Waals surface area contributed by atoms with Gasteiger partial charge in [-0.3, -0.25) is 4.68 Å². The molecule has 0 saturated carbocycles. The Kier molecular flexibility index (Phi) is 2.26. The van der Waals surface area contributed by atoms with E-state index in [0.29, 0.717) is 6.54 Å². The van der Waals surface area contributed by atoms with Crippen molar-refractivity contribution in [2.75, 3.05) is 7.05 Å². The normalized spacial score (nSPS) is 11.0. The van der Waals surface area contributed by atoms with Gasteiger partial charge < -0.3 is 5.21 Å². The van der Waals surface area contributed by atoms with Crippen LogP contribution in [0.15, 0.2) is 6.20 Å². The molecule has 0 aromatic carbocycles. The van der Waals surface area contributed by atoms with Crippen LogP contribution in [0, 0.1) is 6.92 Å². The lowest BCUT2D eigenvalue weighted by Gasteiger charge is -2.08. The molecule has 0 spiro atoms. The van der Waals surface area contributed by atoms with Crippen LogP contribution in [-0.4, -0.2) is 27.1 Å². The highest BCUT2D eigenvalue weighted by molar-refractivity contribution is 5.14. The van der Waals surface area contributed by atoms with Gasteiger partial charge in [0.15, 0.2) is 0 Å². The fourth-order valence-electron chi connectivity index (χ4n) is 1.02. The number of nitrogens with zero attached hydrogens (tertiary/aromatic N) is 3. The van der Waals surface area contributed by atoms with E-state index in [-0.39, 0.29) is 0 Å². The molecule has 1 rings (SSSR count). The molecule has 0 aliphatic carbocycles. The summed E-state index contributed by atoms with van der Waals surface area (Å²) in [6, 6.07) is 0. The van der Waals surface area contributed by atoms with Crippen LogP contribution < -0.4 is 0 Å². The van der Waals surface area contributed by atoms with Gasteiger partial charge in [-0.15, -0.1) is 0 Å². The third-order valence-corrected chi connectivity index (χ3v) is 1.65. The number of hydrogen-bond acceptors (Lipinski definition) is 3. The molecule has 1 N–H and O–H groups in total. The van der Waals surface area contributed by atoms with Crippen molar-refractivity contribution in [1.82, 2.24) is 14.8 Å². The Morgan fingerprint density at radius 3 is 2.73 bits per heavy atom. The van der Waals surface area contributed by atoms with Crippen LogP contribution in [0.3, 0.4) is 0 Å². The maximum Gasteiger partial charge on any atom is 0.0658 e. The minimum atomic E-state index is 0.516. The van der Waals surface area contributed by atoms with Gasteiger partial charge in [0.2, 0.25) is 0 Å². The Bertz CT molecular complexity index is 222. The second kappa shape index (κ2) is 3.02. The highest BCUT2D eigenvalue weighted by Gasteiger charge is 2.04. The third-order valence-electron chi connectivity index (χ3n) is 1.65. The maximum absolute atomic E-state index is 8.97. The molecule has 0 bridgehead atoms. The van der Waals surface area contributed by atoms with E-state index < -0.39 is 0 Å². The Balaban J connectivity index is 2.83. The summed E-state index contributed by atoms with van der Waals surface area (Å²) in [5.41, 5.74) is 2.14. The summed E-state index contributed by atoms with van der Waals surface area (Å²) in [5.74, 6) is 0. The first kappa shape index (κ1) is 8.23. The van der Waals surface area contributed by atoms with Crippen LogP contribution in [0.2, 0.25) is 0 Å². The zero-order valence-corrected chi connectivity index (χ0v) is 7.07. The molecule has 1 heterocycles.